The first-order chi connectivity index (χ1) is 15.8. The maximum absolute atomic E-state index is 13.3. The summed E-state index contributed by atoms with van der Waals surface area (Å²) < 4.78 is 17.4. The van der Waals surface area contributed by atoms with Crippen LogP contribution in [0.25, 0.3) is 0 Å². The van der Waals surface area contributed by atoms with E-state index in [1.165, 1.54) is 0 Å². The van der Waals surface area contributed by atoms with E-state index >= 15 is 0 Å². The van der Waals surface area contributed by atoms with Crippen LogP contribution in [0, 0.1) is 5.92 Å². The molecule has 3 aliphatic rings. The third-order valence-corrected chi connectivity index (χ3v) is 6.72. The van der Waals surface area contributed by atoms with Gasteiger partial charge in [-0.05, 0) is 62.1 Å². The van der Waals surface area contributed by atoms with Crippen molar-refractivity contribution < 1.29 is 19.0 Å². The maximum Gasteiger partial charge on any atom is 0.237 e. The topological polar surface area (TPSA) is 51.2 Å². The van der Waals surface area contributed by atoms with E-state index in [0.717, 1.165) is 68.1 Å². The average molecular weight is 437 g/mol. The summed E-state index contributed by atoms with van der Waals surface area (Å²) in [7, 11) is 0. The van der Waals surface area contributed by atoms with Crippen LogP contribution in [0.15, 0.2) is 48.5 Å². The van der Waals surface area contributed by atoms with Gasteiger partial charge in [0, 0.05) is 19.0 Å². The number of hydrogen-bond acceptors (Lipinski definition) is 5. The largest absolute Gasteiger partial charge is 0.493 e. The Balaban J connectivity index is 1.17. The summed E-state index contributed by atoms with van der Waals surface area (Å²) in [5.74, 6) is 3.20. The predicted octanol–water partition coefficient (Wildman–Crippen LogP) is 3.91. The highest BCUT2D eigenvalue weighted by Gasteiger charge is 2.32. The lowest BCUT2D eigenvalue weighted by atomic mass is 9.99. The van der Waals surface area contributed by atoms with Crippen LogP contribution in [0.4, 0.5) is 0 Å². The molecular formula is C26H32N2O4. The van der Waals surface area contributed by atoms with E-state index in [4.69, 9.17) is 14.2 Å². The molecular weight excluding hydrogens is 404 g/mol. The Kier molecular flexibility index (Phi) is 6.49. The predicted molar refractivity (Wildman–Crippen MR) is 122 cm³/mol. The second-order valence-electron chi connectivity index (χ2n) is 9.02. The van der Waals surface area contributed by atoms with E-state index in [0.29, 0.717) is 32.3 Å². The van der Waals surface area contributed by atoms with Gasteiger partial charge >= 0.3 is 0 Å². The Morgan fingerprint density at radius 2 is 1.78 bits per heavy atom. The molecule has 6 nitrogen and oxygen atoms in total. The Morgan fingerprint density at radius 1 is 0.969 bits per heavy atom. The zero-order valence-corrected chi connectivity index (χ0v) is 18.6. The number of rotatable bonds is 6. The van der Waals surface area contributed by atoms with Crippen LogP contribution >= 0.6 is 0 Å². The van der Waals surface area contributed by atoms with Crippen molar-refractivity contribution in [2.75, 3.05) is 46.0 Å². The summed E-state index contributed by atoms with van der Waals surface area (Å²) in [6.07, 6.45) is 4.31. The molecule has 170 valence electrons. The minimum Gasteiger partial charge on any atom is -0.493 e. The maximum atomic E-state index is 13.3. The first kappa shape index (κ1) is 21.1. The third-order valence-electron chi connectivity index (χ3n) is 6.72. The standard InChI is InChI=1S/C26H32N2O4/c29-26(18-27-12-4-6-20(17-27)19-32-22-7-2-1-3-8-22)28-13-5-9-23(28)21-10-11-24-25(16-21)31-15-14-30-24/h1-3,7-8,10-11,16,20,23H,4-6,9,12-15,17-19H2. The fourth-order valence-electron chi connectivity index (χ4n) is 5.12. The normalized spacial score (nSPS) is 23.2. The molecule has 2 unspecified atom stereocenters. The molecule has 2 aromatic carbocycles. The molecule has 3 aliphatic heterocycles. The summed E-state index contributed by atoms with van der Waals surface area (Å²) in [5.41, 5.74) is 1.15. The van der Waals surface area contributed by atoms with Gasteiger partial charge in [-0.2, -0.15) is 0 Å². The molecule has 3 heterocycles. The lowest BCUT2D eigenvalue weighted by Gasteiger charge is -2.34. The van der Waals surface area contributed by atoms with Gasteiger partial charge in [0.1, 0.15) is 19.0 Å². The Morgan fingerprint density at radius 3 is 2.66 bits per heavy atom. The van der Waals surface area contributed by atoms with E-state index in [2.05, 4.69) is 21.9 Å². The van der Waals surface area contributed by atoms with Crippen LogP contribution in [0.3, 0.4) is 0 Å². The molecule has 0 spiro atoms. The molecule has 2 aromatic rings. The van der Waals surface area contributed by atoms with E-state index in [1.54, 1.807) is 0 Å². The second-order valence-corrected chi connectivity index (χ2v) is 9.02. The summed E-state index contributed by atoms with van der Waals surface area (Å²) >= 11 is 0. The highest BCUT2D eigenvalue weighted by molar-refractivity contribution is 5.79. The lowest BCUT2D eigenvalue weighted by molar-refractivity contribution is -0.133. The van der Waals surface area contributed by atoms with Crippen molar-refractivity contribution in [1.82, 2.24) is 9.80 Å². The quantitative estimate of drug-likeness (QED) is 0.687. The van der Waals surface area contributed by atoms with Gasteiger partial charge in [-0.25, -0.2) is 0 Å². The fraction of sp³-hybridized carbons (Fsp3) is 0.500. The van der Waals surface area contributed by atoms with Crippen molar-refractivity contribution in [2.45, 2.75) is 31.7 Å². The highest BCUT2D eigenvalue weighted by Crippen LogP contribution is 2.38. The molecule has 5 rings (SSSR count). The number of likely N-dealkylation sites (tertiary alicyclic amines) is 2. The number of benzene rings is 2. The summed E-state index contributed by atoms with van der Waals surface area (Å²) in [6, 6.07) is 16.2. The monoisotopic (exact) mass is 436 g/mol. The summed E-state index contributed by atoms with van der Waals surface area (Å²) in [6.45, 7) is 5.09. The van der Waals surface area contributed by atoms with Gasteiger partial charge in [-0.1, -0.05) is 24.3 Å². The molecule has 2 atom stereocenters. The fourth-order valence-corrected chi connectivity index (χ4v) is 5.12. The number of nitrogens with zero attached hydrogens (tertiary/aromatic N) is 2. The van der Waals surface area contributed by atoms with Crippen LogP contribution in [-0.2, 0) is 4.79 Å². The molecule has 0 N–H and O–H groups in total. The Bertz CT molecular complexity index is 919. The number of hydrogen-bond donors (Lipinski definition) is 0. The number of amides is 1. The summed E-state index contributed by atoms with van der Waals surface area (Å²) in [4.78, 5) is 17.6. The van der Waals surface area contributed by atoms with Crippen LogP contribution in [0.5, 0.6) is 17.2 Å². The smallest absolute Gasteiger partial charge is 0.237 e. The number of carbonyl (C=O) groups excluding carboxylic acids is 1. The molecule has 0 bridgehead atoms. The van der Waals surface area contributed by atoms with Crippen molar-refractivity contribution in [3.63, 3.8) is 0 Å². The molecule has 1 amide bonds. The summed E-state index contributed by atoms with van der Waals surface area (Å²) in [5, 5.41) is 0. The minimum absolute atomic E-state index is 0.125. The highest BCUT2D eigenvalue weighted by atomic mass is 16.6. The number of fused-ring (bicyclic) bond motifs is 1. The van der Waals surface area contributed by atoms with Gasteiger partial charge in [-0.15, -0.1) is 0 Å². The van der Waals surface area contributed by atoms with Gasteiger partial charge in [0.2, 0.25) is 5.91 Å². The van der Waals surface area contributed by atoms with Crippen LogP contribution in [0.2, 0.25) is 0 Å². The van der Waals surface area contributed by atoms with Crippen LogP contribution in [0.1, 0.15) is 37.3 Å². The van der Waals surface area contributed by atoms with Crippen LogP contribution in [-0.4, -0.2) is 61.7 Å². The van der Waals surface area contributed by atoms with Gasteiger partial charge in [-0.3, -0.25) is 9.69 Å². The molecule has 0 aliphatic carbocycles. The number of carbonyl (C=O) groups is 1. The molecule has 0 aromatic heterocycles. The first-order valence-corrected chi connectivity index (χ1v) is 11.9. The van der Waals surface area contributed by atoms with E-state index in [1.807, 2.05) is 36.4 Å². The van der Waals surface area contributed by atoms with Crippen molar-refractivity contribution in [3.8, 4) is 17.2 Å². The van der Waals surface area contributed by atoms with Crippen molar-refractivity contribution in [2.24, 2.45) is 5.92 Å². The zero-order valence-electron chi connectivity index (χ0n) is 18.6. The van der Waals surface area contributed by atoms with Gasteiger partial charge < -0.3 is 19.1 Å². The van der Waals surface area contributed by atoms with Gasteiger partial charge in [0.15, 0.2) is 11.5 Å². The minimum atomic E-state index is 0.125. The molecule has 2 saturated heterocycles. The SMILES string of the molecule is O=C(CN1CCCC(COc2ccccc2)C1)N1CCCC1c1ccc2c(c1)OCCO2. The number of piperidine rings is 1. The van der Waals surface area contributed by atoms with E-state index in [-0.39, 0.29) is 11.9 Å². The van der Waals surface area contributed by atoms with Gasteiger partial charge in [0.05, 0.1) is 19.2 Å². The van der Waals surface area contributed by atoms with Crippen molar-refractivity contribution in [3.05, 3.63) is 54.1 Å². The molecule has 0 saturated carbocycles. The average Bonchev–Trinajstić information content (AvgIpc) is 3.34. The van der Waals surface area contributed by atoms with Crippen LogP contribution < -0.4 is 14.2 Å². The second kappa shape index (κ2) is 9.82. The van der Waals surface area contributed by atoms with Gasteiger partial charge in [0.25, 0.3) is 0 Å². The van der Waals surface area contributed by atoms with Crippen molar-refractivity contribution in [1.29, 1.82) is 0 Å². The lowest BCUT2D eigenvalue weighted by Crippen LogP contribution is -2.45. The van der Waals surface area contributed by atoms with E-state index in [9.17, 15) is 4.79 Å². The Labute approximate surface area is 190 Å². The number of para-hydroxylation sites is 1. The molecule has 6 heteroatoms. The number of ether oxygens (including phenoxy) is 3. The van der Waals surface area contributed by atoms with Crippen molar-refractivity contribution >= 4 is 5.91 Å². The Hall–Kier alpha value is -2.73. The third kappa shape index (κ3) is 4.85. The molecule has 32 heavy (non-hydrogen) atoms. The molecule has 0 radical (unpaired) electrons. The first-order valence-electron chi connectivity index (χ1n) is 11.9. The van der Waals surface area contributed by atoms with E-state index < -0.39 is 0 Å². The molecule has 2 fully saturated rings. The zero-order chi connectivity index (χ0) is 21.8.